The Hall–Kier alpha value is -2.81. The molecule has 4 heterocycles. The van der Waals surface area contributed by atoms with Gasteiger partial charge in [-0.15, -0.1) is 10.2 Å². The van der Waals surface area contributed by atoms with Crippen molar-refractivity contribution in [2.24, 2.45) is 0 Å². The number of likely N-dealkylation sites (tertiary alicyclic amines) is 1. The van der Waals surface area contributed by atoms with Gasteiger partial charge in [0, 0.05) is 12.2 Å². The Kier molecular flexibility index (Phi) is 5.55. The van der Waals surface area contributed by atoms with Crippen LogP contribution in [-0.4, -0.2) is 56.7 Å². The van der Waals surface area contributed by atoms with Gasteiger partial charge in [0.2, 0.25) is 11.8 Å². The van der Waals surface area contributed by atoms with Crippen LogP contribution in [0.4, 0.5) is 0 Å². The molecule has 0 N–H and O–H groups in total. The van der Waals surface area contributed by atoms with Crippen LogP contribution in [0.2, 0.25) is 0 Å². The van der Waals surface area contributed by atoms with E-state index >= 15 is 0 Å². The lowest BCUT2D eigenvalue weighted by Gasteiger charge is -2.33. The average Bonchev–Trinajstić information content (AvgIpc) is 3.33. The highest BCUT2D eigenvalue weighted by molar-refractivity contribution is 6.06. The molecule has 0 spiro atoms. The van der Waals surface area contributed by atoms with Crippen molar-refractivity contribution in [3.8, 4) is 0 Å². The largest absolute Gasteiger partial charge is 0.422 e. The number of pyridine rings is 1. The first kappa shape index (κ1) is 20.5. The zero-order valence-electron chi connectivity index (χ0n) is 18.2. The van der Waals surface area contributed by atoms with E-state index in [1.807, 2.05) is 50.7 Å². The Balaban J connectivity index is 1.72. The number of carbonyl (C=O) groups is 1. The number of carbonyl (C=O) groups excluding carboxylic acids is 1. The molecule has 1 aliphatic heterocycles. The zero-order chi connectivity index (χ0) is 21.4. The van der Waals surface area contributed by atoms with Gasteiger partial charge in [0.15, 0.2) is 0 Å². The number of hydrogen-bond acceptors (Lipinski definition) is 8. The van der Waals surface area contributed by atoms with Crippen molar-refractivity contribution in [2.75, 3.05) is 20.6 Å². The van der Waals surface area contributed by atoms with Gasteiger partial charge in [0.05, 0.1) is 23.2 Å². The molecule has 0 aromatic carbocycles. The molecule has 1 fully saturated rings. The molecule has 1 atom stereocenters. The Morgan fingerprint density at radius 2 is 2.10 bits per heavy atom. The van der Waals surface area contributed by atoms with Gasteiger partial charge in [-0.1, -0.05) is 19.0 Å². The molecular formula is C21H28N6O3. The van der Waals surface area contributed by atoms with Crippen molar-refractivity contribution in [2.45, 2.75) is 58.5 Å². The summed E-state index contributed by atoms with van der Waals surface area (Å²) in [6.07, 6.45) is 2.74. The van der Waals surface area contributed by atoms with E-state index in [0.717, 1.165) is 25.0 Å². The smallest absolute Gasteiger partial charge is 0.259 e. The number of piperidine rings is 1. The molecule has 1 aliphatic rings. The topological polar surface area (TPSA) is 101 Å². The second kappa shape index (κ2) is 8.14. The molecule has 30 heavy (non-hydrogen) atoms. The van der Waals surface area contributed by atoms with Crippen molar-refractivity contribution in [3.63, 3.8) is 0 Å². The van der Waals surface area contributed by atoms with E-state index in [4.69, 9.17) is 8.94 Å². The summed E-state index contributed by atoms with van der Waals surface area (Å²) in [7, 11) is 3.89. The molecule has 9 heteroatoms. The third-order valence-corrected chi connectivity index (χ3v) is 5.44. The maximum Gasteiger partial charge on any atom is 0.259 e. The number of aromatic nitrogens is 4. The van der Waals surface area contributed by atoms with E-state index in [1.165, 1.54) is 0 Å². The molecule has 3 aromatic rings. The van der Waals surface area contributed by atoms with Crippen molar-refractivity contribution >= 4 is 17.0 Å². The highest BCUT2D eigenvalue weighted by Gasteiger charge is 2.34. The molecular weight excluding hydrogens is 384 g/mol. The lowest BCUT2D eigenvalue weighted by Crippen LogP contribution is -2.39. The van der Waals surface area contributed by atoms with Crippen LogP contribution in [-0.2, 0) is 6.54 Å². The number of amides is 1. The molecule has 0 bridgehead atoms. The van der Waals surface area contributed by atoms with Gasteiger partial charge in [-0.25, -0.2) is 4.98 Å². The summed E-state index contributed by atoms with van der Waals surface area (Å²) in [6.45, 7) is 7.12. The van der Waals surface area contributed by atoms with E-state index in [9.17, 15) is 4.79 Å². The quantitative estimate of drug-likeness (QED) is 0.628. The number of hydrogen-bond donors (Lipinski definition) is 0. The van der Waals surface area contributed by atoms with Crippen LogP contribution in [0, 0.1) is 6.92 Å². The van der Waals surface area contributed by atoms with E-state index in [0.29, 0.717) is 47.2 Å². The molecule has 9 nitrogen and oxygen atoms in total. The minimum Gasteiger partial charge on any atom is -0.422 e. The number of nitrogens with zero attached hydrogens (tertiary/aromatic N) is 6. The molecule has 4 rings (SSSR count). The molecule has 160 valence electrons. The predicted octanol–water partition coefficient (Wildman–Crippen LogP) is 3.47. The fraction of sp³-hybridized carbons (Fsp3) is 0.571. The fourth-order valence-corrected chi connectivity index (χ4v) is 3.90. The molecule has 1 amide bonds. The Morgan fingerprint density at radius 3 is 2.83 bits per heavy atom. The fourth-order valence-electron chi connectivity index (χ4n) is 3.90. The van der Waals surface area contributed by atoms with E-state index < -0.39 is 0 Å². The maximum atomic E-state index is 13.7. The minimum absolute atomic E-state index is 0.0762. The lowest BCUT2D eigenvalue weighted by atomic mass is 9.98. The zero-order valence-corrected chi connectivity index (χ0v) is 18.2. The summed E-state index contributed by atoms with van der Waals surface area (Å²) in [6, 6.07) is 1.64. The van der Waals surface area contributed by atoms with Gasteiger partial charge < -0.3 is 18.7 Å². The first-order valence-electron chi connectivity index (χ1n) is 10.4. The van der Waals surface area contributed by atoms with Crippen molar-refractivity contribution in [1.29, 1.82) is 0 Å². The molecule has 0 unspecified atom stereocenters. The first-order chi connectivity index (χ1) is 14.3. The van der Waals surface area contributed by atoms with Gasteiger partial charge in [-0.05, 0) is 52.3 Å². The normalized spacial score (nSPS) is 17.4. The summed E-state index contributed by atoms with van der Waals surface area (Å²) in [5, 5.41) is 13.1. The van der Waals surface area contributed by atoms with E-state index in [1.54, 1.807) is 0 Å². The SMILES string of the molecule is Cc1noc2nc(C(C)C)cc(C(=O)N3CCCC[C@H]3c3nnc(CN(C)C)o3)c12. The summed E-state index contributed by atoms with van der Waals surface area (Å²) >= 11 is 0. The highest BCUT2D eigenvalue weighted by Crippen LogP contribution is 2.34. The molecule has 1 saturated heterocycles. The summed E-state index contributed by atoms with van der Waals surface area (Å²) in [5.74, 6) is 1.13. The number of rotatable bonds is 5. The third-order valence-electron chi connectivity index (χ3n) is 5.44. The van der Waals surface area contributed by atoms with Crippen LogP contribution in [0.5, 0.6) is 0 Å². The van der Waals surface area contributed by atoms with Crippen LogP contribution < -0.4 is 0 Å². The van der Waals surface area contributed by atoms with Crippen LogP contribution in [0.1, 0.15) is 78.6 Å². The van der Waals surface area contributed by atoms with E-state index in [2.05, 4.69) is 20.3 Å². The summed E-state index contributed by atoms with van der Waals surface area (Å²) in [5.41, 5.74) is 2.45. The van der Waals surface area contributed by atoms with E-state index in [-0.39, 0.29) is 17.9 Å². The third kappa shape index (κ3) is 3.81. The minimum atomic E-state index is -0.236. The Morgan fingerprint density at radius 1 is 1.30 bits per heavy atom. The van der Waals surface area contributed by atoms with Crippen LogP contribution >= 0.6 is 0 Å². The van der Waals surface area contributed by atoms with Crippen molar-refractivity contribution in [3.05, 3.63) is 34.8 Å². The predicted molar refractivity (Wildman–Crippen MR) is 110 cm³/mol. The molecule has 0 aliphatic carbocycles. The highest BCUT2D eigenvalue weighted by atomic mass is 16.5. The second-order valence-electron chi connectivity index (χ2n) is 8.48. The van der Waals surface area contributed by atoms with Crippen molar-refractivity contribution in [1.82, 2.24) is 30.1 Å². The Labute approximate surface area is 175 Å². The average molecular weight is 412 g/mol. The maximum absolute atomic E-state index is 13.7. The monoisotopic (exact) mass is 412 g/mol. The molecule has 3 aromatic heterocycles. The van der Waals surface area contributed by atoms with Gasteiger partial charge in [0.25, 0.3) is 11.6 Å². The van der Waals surface area contributed by atoms with Gasteiger partial charge in [-0.2, -0.15) is 0 Å². The van der Waals surface area contributed by atoms with Crippen LogP contribution in [0.3, 0.4) is 0 Å². The molecule has 0 saturated carbocycles. The summed E-state index contributed by atoms with van der Waals surface area (Å²) in [4.78, 5) is 22.1. The summed E-state index contributed by atoms with van der Waals surface area (Å²) < 4.78 is 11.3. The van der Waals surface area contributed by atoms with Gasteiger partial charge in [0.1, 0.15) is 6.04 Å². The lowest BCUT2D eigenvalue weighted by molar-refractivity contribution is 0.0570. The van der Waals surface area contributed by atoms with Crippen molar-refractivity contribution < 1.29 is 13.7 Å². The van der Waals surface area contributed by atoms with Gasteiger partial charge in [-0.3, -0.25) is 4.79 Å². The van der Waals surface area contributed by atoms with Crippen LogP contribution in [0.25, 0.3) is 11.1 Å². The first-order valence-corrected chi connectivity index (χ1v) is 10.4. The van der Waals surface area contributed by atoms with Crippen LogP contribution in [0.15, 0.2) is 15.0 Å². The second-order valence-corrected chi connectivity index (χ2v) is 8.48. The van der Waals surface area contributed by atoms with Gasteiger partial charge >= 0.3 is 0 Å². The molecule has 0 radical (unpaired) electrons. The number of fused-ring (bicyclic) bond motifs is 1. The Bertz CT molecular complexity index is 1050. The number of aryl methyl sites for hydroxylation is 1. The standard InChI is InChI=1S/C21H28N6O3/c1-12(2)15-10-14(18-13(3)25-30-20(18)22-15)21(28)27-9-7-6-8-16(27)19-24-23-17(29-19)11-26(4)5/h10,12,16H,6-9,11H2,1-5H3/t16-/m0/s1.